The summed E-state index contributed by atoms with van der Waals surface area (Å²) >= 11 is 1.90. The Morgan fingerprint density at radius 1 is 1.22 bits per heavy atom. The molecule has 0 saturated carbocycles. The molecule has 0 bridgehead atoms. The fourth-order valence-corrected chi connectivity index (χ4v) is 2.18. The first-order valence-electron chi connectivity index (χ1n) is 5.12. The molecule has 18 heavy (non-hydrogen) atoms. The van der Waals surface area contributed by atoms with Gasteiger partial charge in [-0.15, -0.1) is 0 Å². The van der Waals surface area contributed by atoms with Gasteiger partial charge in [0.05, 0.1) is 5.56 Å². The van der Waals surface area contributed by atoms with Crippen molar-refractivity contribution in [2.24, 2.45) is 0 Å². The van der Waals surface area contributed by atoms with Gasteiger partial charge in [-0.05, 0) is 52.9 Å². The van der Waals surface area contributed by atoms with E-state index in [1.807, 2.05) is 22.6 Å². The van der Waals surface area contributed by atoms with Gasteiger partial charge in [0.15, 0.2) is 0 Å². The van der Waals surface area contributed by atoms with Crippen LogP contribution in [0.25, 0.3) is 0 Å². The molecule has 0 atom stereocenters. The number of aromatic hydroxyl groups is 1. The third-order valence-electron chi connectivity index (χ3n) is 2.28. The molecule has 2 N–H and O–H groups in total. The predicted molar refractivity (Wildman–Crippen MR) is 75.2 cm³/mol. The van der Waals surface area contributed by atoms with Gasteiger partial charge >= 0.3 is 0 Å². The van der Waals surface area contributed by atoms with Gasteiger partial charge in [0, 0.05) is 15.3 Å². The first-order valence-corrected chi connectivity index (χ1v) is 6.19. The van der Waals surface area contributed by atoms with Crippen molar-refractivity contribution < 1.29 is 14.3 Å². The van der Waals surface area contributed by atoms with Crippen LogP contribution in [0.5, 0.6) is 5.75 Å². The van der Waals surface area contributed by atoms with Crippen molar-refractivity contribution in [1.29, 1.82) is 0 Å². The summed E-state index contributed by atoms with van der Waals surface area (Å²) < 4.78 is 13.5. The molecule has 0 aliphatic heterocycles. The maximum Gasteiger partial charge on any atom is 0.256 e. The second-order valence-corrected chi connectivity index (χ2v) is 4.79. The van der Waals surface area contributed by atoms with E-state index < -0.39 is 0 Å². The van der Waals surface area contributed by atoms with Crippen LogP contribution in [-0.4, -0.2) is 11.0 Å². The van der Waals surface area contributed by atoms with Crippen molar-refractivity contribution in [2.75, 3.05) is 5.32 Å². The topological polar surface area (TPSA) is 49.3 Å². The minimum absolute atomic E-state index is 0.0709. The lowest BCUT2D eigenvalue weighted by molar-refractivity contribution is 0.102. The average molecular weight is 357 g/mol. The highest BCUT2D eigenvalue weighted by Crippen LogP contribution is 2.18. The summed E-state index contributed by atoms with van der Waals surface area (Å²) in [5, 5.41) is 11.9. The summed E-state index contributed by atoms with van der Waals surface area (Å²) in [6.07, 6.45) is 0. The maximum absolute atomic E-state index is 12.9. The number of hydrogen-bond donors (Lipinski definition) is 2. The number of anilines is 1. The Hall–Kier alpha value is -1.63. The van der Waals surface area contributed by atoms with Gasteiger partial charge in [-0.1, -0.05) is 6.07 Å². The first kappa shape index (κ1) is 12.8. The summed E-state index contributed by atoms with van der Waals surface area (Å²) in [5.41, 5.74) is 0.875. The normalized spacial score (nSPS) is 10.1. The molecule has 2 rings (SSSR count). The zero-order valence-corrected chi connectivity index (χ0v) is 11.3. The number of rotatable bonds is 2. The van der Waals surface area contributed by atoms with Crippen LogP contribution in [0.3, 0.4) is 0 Å². The van der Waals surface area contributed by atoms with Crippen LogP contribution >= 0.6 is 22.6 Å². The molecule has 0 saturated heterocycles. The van der Waals surface area contributed by atoms with Crippen molar-refractivity contribution in [2.45, 2.75) is 0 Å². The maximum atomic E-state index is 12.9. The molecule has 0 unspecified atom stereocenters. The molecule has 0 aliphatic carbocycles. The van der Waals surface area contributed by atoms with Crippen molar-refractivity contribution in [1.82, 2.24) is 0 Å². The van der Waals surface area contributed by atoms with E-state index >= 15 is 0 Å². The van der Waals surface area contributed by atoms with Gasteiger partial charge < -0.3 is 10.4 Å². The Bertz CT molecular complexity index is 601. The molecule has 2 aromatic carbocycles. The fraction of sp³-hybridized carbons (Fsp3) is 0. The molecule has 0 fully saturated rings. The molecule has 0 heterocycles. The lowest BCUT2D eigenvalue weighted by Crippen LogP contribution is -2.13. The van der Waals surface area contributed by atoms with Crippen molar-refractivity contribution >= 4 is 34.2 Å². The quantitative estimate of drug-likeness (QED) is 0.810. The third kappa shape index (κ3) is 2.98. The number of carbonyl (C=O) groups excluding carboxylic acids is 1. The molecule has 2 aromatic rings. The number of phenols is 1. The van der Waals surface area contributed by atoms with E-state index in [1.165, 1.54) is 30.3 Å². The fourth-order valence-electron chi connectivity index (χ4n) is 1.46. The lowest BCUT2D eigenvalue weighted by Gasteiger charge is -2.07. The Kier molecular flexibility index (Phi) is 3.81. The van der Waals surface area contributed by atoms with Gasteiger partial charge in [-0.25, -0.2) is 4.39 Å². The smallest absolute Gasteiger partial charge is 0.256 e. The van der Waals surface area contributed by atoms with Crippen molar-refractivity contribution in [3.63, 3.8) is 0 Å². The molecule has 0 aliphatic rings. The molecule has 92 valence electrons. The van der Waals surface area contributed by atoms with E-state index in [0.29, 0.717) is 14.8 Å². The highest BCUT2D eigenvalue weighted by molar-refractivity contribution is 14.1. The molecule has 1 amide bonds. The Balaban J connectivity index is 2.22. The van der Waals surface area contributed by atoms with Gasteiger partial charge in [0.25, 0.3) is 5.91 Å². The SMILES string of the molecule is O=C(Nc1cccc(O)c1)c1ccc(F)cc1I. The van der Waals surface area contributed by atoms with Crippen LogP contribution < -0.4 is 5.32 Å². The Labute approximate surface area is 117 Å². The van der Waals surface area contributed by atoms with Gasteiger partial charge in [-0.2, -0.15) is 0 Å². The van der Waals surface area contributed by atoms with Crippen LogP contribution in [-0.2, 0) is 0 Å². The number of phenolic OH excluding ortho intramolecular Hbond substituents is 1. The third-order valence-corrected chi connectivity index (χ3v) is 3.17. The molecule has 0 radical (unpaired) electrons. The van der Waals surface area contributed by atoms with Crippen molar-refractivity contribution in [3.05, 3.63) is 57.4 Å². The van der Waals surface area contributed by atoms with E-state index in [4.69, 9.17) is 0 Å². The van der Waals surface area contributed by atoms with E-state index in [2.05, 4.69) is 5.32 Å². The van der Waals surface area contributed by atoms with Crippen LogP contribution in [0.4, 0.5) is 10.1 Å². The molecule has 3 nitrogen and oxygen atoms in total. The van der Waals surface area contributed by atoms with Crippen LogP contribution in [0, 0.1) is 9.39 Å². The summed E-state index contributed by atoms with van der Waals surface area (Å²) in [6, 6.07) is 10.2. The molecule has 5 heteroatoms. The monoisotopic (exact) mass is 357 g/mol. The number of nitrogens with one attached hydrogen (secondary N) is 1. The minimum Gasteiger partial charge on any atom is -0.508 e. The number of hydrogen-bond acceptors (Lipinski definition) is 2. The lowest BCUT2D eigenvalue weighted by atomic mass is 10.2. The zero-order chi connectivity index (χ0) is 13.1. The van der Waals surface area contributed by atoms with E-state index in [-0.39, 0.29) is 17.5 Å². The Morgan fingerprint density at radius 3 is 2.67 bits per heavy atom. The van der Waals surface area contributed by atoms with Gasteiger partial charge in [-0.3, -0.25) is 4.79 Å². The minimum atomic E-state index is -0.381. The van der Waals surface area contributed by atoms with Gasteiger partial charge in [0.2, 0.25) is 0 Å². The number of benzene rings is 2. The number of halogens is 2. The van der Waals surface area contributed by atoms with E-state index in [9.17, 15) is 14.3 Å². The molecule has 0 spiro atoms. The van der Waals surface area contributed by atoms with Gasteiger partial charge in [0.1, 0.15) is 11.6 Å². The predicted octanol–water partition coefficient (Wildman–Crippen LogP) is 3.39. The number of amides is 1. The van der Waals surface area contributed by atoms with E-state index in [0.717, 1.165) is 0 Å². The van der Waals surface area contributed by atoms with Crippen LogP contribution in [0.1, 0.15) is 10.4 Å². The number of carbonyl (C=O) groups is 1. The Morgan fingerprint density at radius 2 is 2.00 bits per heavy atom. The highest BCUT2D eigenvalue weighted by Gasteiger charge is 2.11. The molecule has 0 aromatic heterocycles. The molecular weight excluding hydrogens is 348 g/mol. The van der Waals surface area contributed by atoms with Crippen LogP contribution in [0.2, 0.25) is 0 Å². The second-order valence-electron chi connectivity index (χ2n) is 3.63. The largest absolute Gasteiger partial charge is 0.508 e. The van der Waals surface area contributed by atoms with Crippen molar-refractivity contribution in [3.8, 4) is 5.75 Å². The van der Waals surface area contributed by atoms with Crippen LogP contribution in [0.15, 0.2) is 42.5 Å². The summed E-state index contributed by atoms with van der Waals surface area (Å²) in [6.45, 7) is 0. The molecular formula is C13H9FINO2. The first-order chi connectivity index (χ1) is 8.56. The summed E-state index contributed by atoms with van der Waals surface area (Å²) in [4.78, 5) is 11.9. The standard InChI is InChI=1S/C13H9FINO2/c14-8-4-5-11(12(15)6-8)13(18)16-9-2-1-3-10(17)7-9/h1-7,17H,(H,16,18). The zero-order valence-electron chi connectivity index (χ0n) is 9.15. The summed E-state index contributed by atoms with van der Waals surface area (Å²) in [5.74, 6) is -0.653. The summed E-state index contributed by atoms with van der Waals surface area (Å²) in [7, 11) is 0. The second kappa shape index (κ2) is 5.34. The highest BCUT2D eigenvalue weighted by atomic mass is 127. The van der Waals surface area contributed by atoms with E-state index in [1.54, 1.807) is 12.1 Å². The average Bonchev–Trinajstić information content (AvgIpc) is 2.28.